The monoisotopic (exact) mass is 354 g/mol. The summed E-state index contributed by atoms with van der Waals surface area (Å²) < 4.78 is 26.2. The van der Waals surface area contributed by atoms with Crippen LogP contribution in [0.2, 0.25) is 0 Å². The van der Waals surface area contributed by atoms with Crippen molar-refractivity contribution in [2.75, 3.05) is 0 Å². The van der Waals surface area contributed by atoms with E-state index in [1.165, 1.54) is 0 Å². The van der Waals surface area contributed by atoms with Crippen LogP contribution in [-0.4, -0.2) is 56.3 Å². The molecule has 6 N–H and O–H groups in total. The molecule has 17 heteroatoms. The minimum atomic E-state index is -3.13. The third-order valence-electron chi connectivity index (χ3n) is 0. The second-order valence-corrected chi connectivity index (χ2v) is 2.54. The van der Waals surface area contributed by atoms with Gasteiger partial charge in [-0.15, -0.1) is 0 Å². The summed E-state index contributed by atoms with van der Waals surface area (Å²) in [4.78, 5) is 42.9. The Balaban J connectivity index is -0.00000000409. The maximum absolute atomic E-state index is 8.74. The summed E-state index contributed by atoms with van der Waals surface area (Å²) >= 11 is 0. The van der Waals surface area contributed by atoms with Crippen molar-refractivity contribution >= 4 is 27.5 Å². The third-order valence-corrected chi connectivity index (χ3v) is 0. The van der Waals surface area contributed by atoms with Crippen LogP contribution in [0.4, 0.5) is 0 Å². The summed E-state index contributed by atoms with van der Waals surface area (Å²) in [6, 6.07) is 0. The number of hydrogen-bond donors (Lipinski definition) is 6. The molecule has 9 nitrogen and oxygen atoms in total. The molecule has 82 valence electrons. The van der Waals surface area contributed by atoms with Gasteiger partial charge in [-0.25, -0.2) is 0 Å². The van der Waals surface area contributed by atoms with Gasteiger partial charge in [0.1, 0.15) is 0 Å². The maximum atomic E-state index is 8.74. The molecule has 0 aliphatic rings. The molecule has 0 radical (unpaired) electrons. The van der Waals surface area contributed by atoms with E-state index in [0.717, 1.165) is 0 Å². The first-order chi connectivity index (χ1) is 5.20. The number of hydrogen-bond acceptors (Lipinski definition) is 3. The largest absolute Gasteiger partial charge is 1.00 e. The Kier molecular flexibility index (Phi) is 125. The second kappa shape index (κ2) is 42.7. The molecule has 0 bridgehead atoms. The minimum absolute atomic E-state index is 0. The Morgan fingerprint density at radius 3 is 0.471 bits per heavy atom. The van der Waals surface area contributed by atoms with Gasteiger partial charge in [-0.1, -0.05) is 0 Å². The van der Waals surface area contributed by atoms with Gasteiger partial charge in [0.15, 0.2) is 0 Å². The molecule has 0 aromatic rings. The van der Waals surface area contributed by atoms with Crippen molar-refractivity contribution < 1.29 is 197 Å². The molecule has 0 spiro atoms. The summed E-state index contributed by atoms with van der Waals surface area (Å²) in [5, 5.41) is 0. The Morgan fingerprint density at radius 1 is 0.471 bits per heavy atom. The molecular weight excluding hydrogens is 343 g/mol. The zero-order chi connectivity index (χ0) is 10.7. The van der Waals surface area contributed by atoms with Crippen LogP contribution in [0.5, 0.6) is 0 Å². The van der Waals surface area contributed by atoms with Gasteiger partial charge in [-0.3, -0.25) is 13.4 Å². The number of rotatable bonds is 0. The normalized spacial score (nSPS) is 4.24. The van der Waals surface area contributed by atoms with Crippen LogP contribution in [0.1, 0.15) is 7.13 Å². The van der Waals surface area contributed by atoms with Gasteiger partial charge >= 0.3 is 175 Å². The zero-order valence-corrected chi connectivity index (χ0v) is 23.4. The standard InChI is InChI=1S/5Na.3H2O3Si.5H/c;;;;;3*1-4(2)3;;;;;/h;;;;;3*1-2H;;;;;/q5*+1;;;;5*-1. The van der Waals surface area contributed by atoms with Gasteiger partial charge in [0.2, 0.25) is 0 Å². The fourth-order valence-electron chi connectivity index (χ4n) is 0. The van der Waals surface area contributed by atoms with E-state index in [1.807, 2.05) is 0 Å². The Labute approximate surface area is 220 Å². The third kappa shape index (κ3) is 427. The average molecular weight is 354 g/mol. The molecule has 0 rings (SSSR count). The van der Waals surface area contributed by atoms with Crippen molar-refractivity contribution in [3.8, 4) is 0 Å². The van der Waals surface area contributed by atoms with E-state index < -0.39 is 27.5 Å². The van der Waals surface area contributed by atoms with Crippen LogP contribution in [0.3, 0.4) is 0 Å². The smallest absolute Gasteiger partial charge is 1.00 e. The van der Waals surface area contributed by atoms with Gasteiger partial charge in [0.05, 0.1) is 0 Å². The van der Waals surface area contributed by atoms with E-state index >= 15 is 0 Å². The zero-order valence-electron chi connectivity index (χ0n) is 15.4. The van der Waals surface area contributed by atoms with Gasteiger partial charge in [-0.05, 0) is 0 Å². The summed E-state index contributed by atoms with van der Waals surface area (Å²) in [5.74, 6) is 0. The van der Waals surface area contributed by atoms with Gasteiger partial charge in [0, 0.05) is 0 Å². The van der Waals surface area contributed by atoms with E-state index in [9.17, 15) is 0 Å². The quantitative estimate of drug-likeness (QED) is 0.231. The van der Waals surface area contributed by atoms with Gasteiger partial charge < -0.3 is 35.9 Å². The molecule has 0 unspecified atom stereocenters. The fourth-order valence-corrected chi connectivity index (χ4v) is 0. The predicted octanol–water partition coefficient (Wildman–Crippen LogP) is -19.3. The molecule has 0 saturated heterocycles. The van der Waals surface area contributed by atoms with Crippen molar-refractivity contribution in [1.82, 2.24) is 0 Å². The Morgan fingerprint density at radius 2 is 0.471 bits per heavy atom. The van der Waals surface area contributed by atoms with Crippen molar-refractivity contribution in [3.05, 3.63) is 0 Å². The Hall–Kier alpha value is 3.85. The molecule has 0 aromatic heterocycles. The molecule has 0 saturated carbocycles. The van der Waals surface area contributed by atoms with E-state index in [0.29, 0.717) is 0 Å². The first-order valence-electron chi connectivity index (χ1n) is 1.95. The van der Waals surface area contributed by atoms with Gasteiger partial charge in [0.25, 0.3) is 0 Å². The van der Waals surface area contributed by atoms with Crippen LogP contribution in [0, 0.1) is 0 Å². The summed E-state index contributed by atoms with van der Waals surface area (Å²) in [6.07, 6.45) is 0. The van der Waals surface area contributed by atoms with E-state index in [1.54, 1.807) is 0 Å². The van der Waals surface area contributed by atoms with Crippen LogP contribution in [-0.2, 0) is 13.4 Å². The predicted molar refractivity (Wildman–Crippen MR) is 38.2 cm³/mol. The van der Waals surface area contributed by atoms with E-state index in [4.69, 9.17) is 42.2 Å². The molecule has 0 amide bonds. The van der Waals surface area contributed by atoms with Crippen molar-refractivity contribution in [2.45, 2.75) is 0 Å². The van der Waals surface area contributed by atoms with Crippen molar-refractivity contribution in [2.24, 2.45) is 0 Å². The SMILES string of the molecule is O=[Si](O)O.O=[Si](O)O.O=[Si](O)O.[H-].[H-].[H-].[H-].[H-].[Na+].[Na+].[Na+].[Na+].[Na+]. The maximum Gasteiger partial charge on any atom is 1.00 e. The summed E-state index contributed by atoms with van der Waals surface area (Å²) in [6.45, 7) is 0. The van der Waals surface area contributed by atoms with Crippen molar-refractivity contribution in [3.63, 3.8) is 0 Å². The second-order valence-electron chi connectivity index (χ2n) is 0.848. The first-order valence-corrected chi connectivity index (χ1v) is 5.86. The summed E-state index contributed by atoms with van der Waals surface area (Å²) in [5.41, 5.74) is 0. The van der Waals surface area contributed by atoms with Gasteiger partial charge in [-0.2, -0.15) is 0 Å². The molecule has 0 heterocycles. The van der Waals surface area contributed by atoms with Crippen LogP contribution < -0.4 is 148 Å². The fraction of sp³-hybridized carbons (Fsp3) is 0. The molecule has 0 atom stereocenters. The molecule has 17 heavy (non-hydrogen) atoms. The minimum Gasteiger partial charge on any atom is -1.00 e. The molecule has 0 aliphatic carbocycles. The Bertz CT molecular complexity index is 139. The van der Waals surface area contributed by atoms with Crippen LogP contribution >= 0.6 is 0 Å². The van der Waals surface area contributed by atoms with Crippen LogP contribution in [0.25, 0.3) is 0 Å². The molecular formula is H11Na5O9Si3. The van der Waals surface area contributed by atoms with E-state index in [2.05, 4.69) is 0 Å². The van der Waals surface area contributed by atoms with Crippen LogP contribution in [0.15, 0.2) is 0 Å². The summed E-state index contributed by atoms with van der Waals surface area (Å²) in [7, 11) is -9.39. The van der Waals surface area contributed by atoms with E-state index in [-0.39, 0.29) is 155 Å². The molecule has 0 fully saturated rings. The average Bonchev–Trinajstić information content (AvgIpc) is 1.54. The van der Waals surface area contributed by atoms with Crippen molar-refractivity contribution in [1.29, 1.82) is 0 Å². The molecule has 0 aliphatic heterocycles. The molecule has 0 aromatic carbocycles. The topological polar surface area (TPSA) is 173 Å². The first kappa shape index (κ1) is 49.8.